The summed E-state index contributed by atoms with van der Waals surface area (Å²) >= 11 is 0. The normalized spacial score (nSPS) is 9.56. The van der Waals surface area contributed by atoms with Crippen molar-refractivity contribution in [2.45, 2.75) is 6.92 Å². The van der Waals surface area contributed by atoms with Crippen LogP contribution in [0.3, 0.4) is 0 Å². The molecule has 0 aliphatic heterocycles. The number of amides is 2. The van der Waals surface area contributed by atoms with Crippen LogP contribution >= 0.6 is 0 Å². The Kier molecular flexibility index (Phi) is 4.22. The van der Waals surface area contributed by atoms with Crippen molar-refractivity contribution in [1.29, 1.82) is 0 Å². The van der Waals surface area contributed by atoms with Crippen LogP contribution in [0.2, 0.25) is 0 Å². The minimum absolute atomic E-state index is 0.0317. The number of hydrogen-bond donors (Lipinski definition) is 2. The molecular weight excluding hydrogens is 214 g/mol. The number of hydrogen-bond acceptors (Lipinski definition) is 4. The number of benzene rings is 1. The summed E-state index contributed by atoms with van der Waals surface area (Å²) in [6, 6.07) is 4.94. The van der Waals surface area contributed by atoms with Crippen molar-refractivity contribution < 1.29 is 14.6 Å². The highest BCUT2D eigenvalue weighted by Crippen LogP contribution is 2.14. The number of rotatable bonds is 4. The third-order valence-corrected chi connectivity index (χ3v) is 1.65. The summed E-state index contributed by atoms with van der Waals surface area (Å²) in [4.78, 5) is 25.6. The predicted molar refractivity (Wildman–Crippen MR) is 56.9 cm³/mol. The minimum atomic E-state index is -0.532. The number of carbonyl (C=O) groups excluding carboxylic acids is 1. The van der Waals surface area contributed by atoms with E-state index in [9.17, 15) is 14.9 Å². The second-order valence-corrected chi connectivity index (χ2v) is 2.79. The lowest BCUT2D eigenvalue weighted by atomic mass is 10.3. The van der Waals surface area contributed by atoms with Gasteiger partial charge in [0.2, 0.25) is 0 Å². The van der Waals surface area contributed by atoms with E-state index >= 15 is 0 Å². The van der Waals surface area contributed by atoms with Crippen molar-refractivity contribution in [2.75, 3.05) is 11.9 Å². The third kappa shape index (κ3) is 3.54. The molecule has 0 radical (unpaired) electrons. The summed E-state index contributed by atoms with van der Waals surface area (Å²) < 4.78 is 0. The first kappa shape index (κ1) is 11.9. The number of nitrogens with one attached hydrogen (secondary N) is 2. The second kappa shape index (κ2) is 5.66. The van der Waals surface area contributed by atoms with E-state index in [4.69, 9.17) is 0 Å². The van der Waals surface area contributed by atoms with Gasteiger partial charge < -0.3 is 5.32 Å². The number of urea groups is 1. The van der Waals surface area contributed by atoms with E-state index in [2.05, 4.69) is 15.6 Å². The van der Waals surface area contributed by atoms with Crippen molar-refractivity contribution in [1.82, 2.24) is 5.48 Å². The molecule has 0 heterocycles. The number of nitrogens with zero attached hydrogens (tertiary/aromatic N) is 1. The highest BCUT2D eigenvalue weighted by molar-refractivity contribution is 5.88. The van der Waals surface area contributed by atoms with Gasteiger partial charge in [-0.1, -0.05) is 0 Å². The molecule has 0 saturated carbocycles. The Hall–Kier alpha value is -2.15. The smallest absolute Gasteiger partial charge is 0.306 e. The lowest BCUT2D eigenvalue weighted by Crippen LogP contribution is -2.28. The number of carbonyl (C=O) groups is 1. The van der Waals surface area contributed by atoms with Crippen LogP contribution in [0.15, 0.2) is 24.3 Å². The zero-order chi connectivity index (χ0) is 12.0. The molecule has 0 fully saturated rings. The molecule has 1 rings (SSSR count). The Morgan fingerprint density at radius 2 is 2.06 bits per heavy atom. The molecular formula is C9H11N3O4. The van der Waals surface area contributed by atoms with Crippen LogP contribution in [0.4, 0.5) is 16.2 Å². The predicted octanol–water partition coefficient (Wildman–Crippen LogP) is 1.67. The minimum Gasteiger partial charge on any atom is -0.306 e. The van der Waals surface area contributed by atoms with Crippen molar-refractivity contribution in [3.05, 3.63) is 34.4 Å². The molecule has 7 heteroatoms. The van der Waals surface area contributed by atoms with Gasteiger partial charge in [0.1, 0.15) is 0 Å². The van der Waals surface area contributed by atoms with Crippen molar-refractivity contribution in [3.63, 3.8) is 0 Å². The van der Waals surface area contributed by atoms with E-state index in [0.717, 1.165) is 0 Å². The van der Waals surface area contributed by atoms with Crippen LogP contribution in [0, 0.1) is 10.1 Å². The van der Waals surface area contributed by atoms with Crippen molar-refractivity contribution in [2.24, 2.45) is 0 Å². The Labute approximate surface area is 91.5 Å². The van der Waals surface area contributed by atoms with Crippen LogP contribution in [0.5, 0.6) is 0 Å². The summed E-state index contributed by atoms with van der Waals surface area (Å²) in [5.41, 5.74) is 2.55. The fraction of sp³-hybridized carbons (Fsp3) is 0.222. The Bertz CT molecular complexity index is 377. The largest absolute Gasteiger partial charge is 0.343 e. The third-order valence-electron chi connectivity index (χ3n) is 1.65. The van der Waals surface area contributed by atoms with E-state index in [1.165, 1.54) is 24.3 Å². The van der Waals surface area contributed by atoms with Gasteiger partial charge in [-0.05, 0) is 19.1 Å². The lowest BCUT2D eigenvalue weighted by Gasteiger charge is -2.05. The van der Waals surface area contributed by atoms with Crippen LogP contribution in [-0.2, 0) is 4.84 Å². The molecule has 0 saturated heterocycles. The average molecular weight is 225 g/mol. The Balaban J connectivity index is 2.55. The zero-order valence-corrected chi connectivity index (χ0v) is 8.60. The first-order valence-electron chi connectivity index (χ1n) is 4.56. The molecule has 1 aromatic carbocycles. The summed E-state index contributed by atoms with van der Waals surface area (Å²) in [5.74, 6) is 0. The topological polar surface area (TPSA) is 93.5 Å². The van der Waals surface area contributed by atoms with Crippen LogP contribution in [0.25, 0.3) is 0 Å². The lowest BCUT2D eigenvalue weighted by molar-refractivity contribution is -0.384. The Morgan fingerprint density at radius 1 is 1.44 bits per heavy atom. The van der Waals surface area contributed by atoms with Gasteiger partial charge >= 0.3 is 6.03 Å². The van der Waals surface area contributed by atoms with E-state index < -0.39 is 11.0 Å². The maximum absolute atomic E-state index is 11.1. The molecule has 0 atom stereocenters. The maximum atomic E-state index is 11.1. The number of hydroxylamine groups is 1. The molecule has 7 nitrogen and oxygen atoms in total. The monoisotopic (exact) mass is 225 g/mol. The fourth-order valence-corrected chi connectivity index (χ4v) is 0.961. The fourth-order valence-electron chi connectivity index (χ4n) is 0.961. The summed E-state index contributed by atoms with van der Waals surface area (Å²) in [7, 11) is 0. The first-order valence-corrected chi connectivity index (χ1v) is 4.56. The molecule has 0 spiro atoms. The molecule has 2 N–H and O–H groups in total. The van der Waals surface area contributed by atoms with Crippen LogP contribution < -0.4 is 10.8 Å². The highest BCUT2D eigenvalue weighted by Gasteiger charge is 2.05. The highest BCUT2D eigenvalue weighted by atomic mass is 16.7. The number of non-ortho nitro benzene ring substituents is 1. The SMILES string of the molecule is CCONC(=O)Nc1ccc([N+](=O)[O-])cc1. The Morgan fingerprint density at radius 3 is 2.56 bits per heavy atom. The summed E-state index contributed by atoms with van der Waals surface area (Å²) in [6.07, 6.45) is 0. The molecule has 0 aromatic heterocycles. The van der Waals surface area contributed by atoms with Gasteiger partial charge in [0.15, 0.2) is 0 Å². The van der Waals surface area contributed by atoms with Crippen molar-refractivity contribution in [3.8, 4) is 0 Å². The van der Waals surface area contributed by atoms with Gasteiger partial charge in [-0.25, -0.2) is 10.3 Å². The number of nitro groups is 1. The van der Waals surface area contributed by atoms with Gasteiger partial charge in [0.25, 0.3) is 5.69 Å². The number of nitro benzene ring substituents is 1. The molecule has 0 aliphatic rings. The van der Waals surface area contributed by atoms with Gasteiger partial charge in [-0.15, -0.1) is 0 Å². The van der Waals surface area contributed by atoms with E-state index in [0.29, 0.717) is 12.3 Å². The second-order valence-electron chi connectivity index (χ2n) is 2.79. The molecule has 0 aliphatic carbocycles. The van der Waals surface area contributed by atoms with Crippen molar-refractivity contribution >= 4 is 17.4 Å². The molecule has 1 aromatic rings. The van der Waals surface area contributed by atoms with Gasteiger partial charge in [-0.3, -0.25) is 15.0 Å². The summed E-state index contributed by atoms with van der Waals surface area (Å²) in [5, 5.41) is 12.8. The molecule has 0 unspecified atom stereocenters. The van der Waals surface area contributed by atoms with Gasteiger partial charge in [0.05, 0.1) is 11.5 Å². The number of anilines is 1. The summed E-state index contributed by atoms with van der Waals surface area (Å²) in [6.45, 7) is 2.08. The first-order chi connectivity index (χ1) is 7.63. The maximum Gasteiger partial charge on any atom is 0.343 e. The average Bonchev–Trinajstić information content (AvgIpc) is 2.27. The quantitative estimate of drug-likeness (QED) is 0.602. The molecule has 16 heavy (non-hydrogen) atoms. The van der Waals surface area contributed by atoms with Crippen LogP contribution in [-0.4, -0.2) is 17.6 Å². The molecule has 86 valence electrons. The standard InChI is InChI=1S/C9H11N3O4/c1-2-16-11-9(13)10-7-3-5-8(6-4-7)12(14)15/h3-6H,2H2,1H3,(H2,10,11,13). The van der Waals surface area contributed by atoms with Gasteiger partial charge in [-0.2, -0.15) is 0 Å². The molecule has 2 amide bonds. The van der Waals surface area contributed by atoms with E-state index in [-0.39, 0.29) is 5.69 Å². The van der Waals surface area contributed by atoms with E-state index in [1.807, 2.05) is 0 Å². The molecule has 0 bridgehead atoms. The zero-order valence-electron chi connectivity index (χ0n) is 8.60. The van der Waals surface area contributed by atoms with Crippen LogP contribution in [0.1, 0.15) is 6.92 Å². The van der Waals surface area contributed by atoms with Gasteiger partial charge in [0, 0.05) is 17.8 Å². The van der Waals surface area contributed by atoms with E-state index in [1.54, 1.807) is 6.92 Å².